The first-order valence-electron chi connectivity index (χ1n) is 7.79. The van der Waals surface area contributed by atoms with Crippen LogP contribution in [0.5, 0.6) is 0 Å². The maximum atomic E-state index is 12.2. The minimum absolute atomic E-state index is 0.0374. The number of nitrogens with one attached hydrogen (secondary N) is 1. The summed E-state index contributed by atoms with van der Waals surface area (Å²) in [6.07, 6.45) is 9.57. The van der Waals surface area contributed by atoms with E-state index in [2.05, 4.69) is 5.32 Å². The van der Waals surface area contributed by atoms with Crippen molar-refractivity contribution in [3.63, 3.8) is 0 Å². The first-order valence-corrected chi connectivity index (χ1v) is 7.79. The van der Waals surface area contributed by atoms with Crippen molar-refractivity contribution >= 4 is 5.91 Å². The highest BCUT2D eigenvalue weighted by Crippen LogP contribution is 2.38. The van der Waals surface area contributed by atoms with Crippen LogP contribution in [0.25, 0.3) is 0 Å². The van der Waals surface area contributed by atoms with Gasteiger partial charge in [0.2, 0.25) is 5.91 Å². The molecule has 2 aliphatic carbocycles. The molecule has 2 aliphatic rings. The van der Waals surface area contributed by atoms with Crippen LogP contribution in [0.4, 0.5) is 0 Å². The van der Waals surface area contributed by atoms with Crippen molar-refractivity contribution < 1.29 is 9.90 Å². The number of hydrogen-bond acceptors (Lipinski definition) is 3. The standard InChI is InChI=1S/C15H28N2O2/c16-11-15(7-2-1-3-8-15)9-14(19)17-13-6-4-5-12(13)10-18/h12-13,18H,1-11,16H2,(H,17,19). The summed E-state index contributed by atoms with van der Waals surface area (Å²) < 4.78 is 0. The van der Waals surface area contributed by atoms with E-state index in [1.54, 1.807) is 0 Å². The predicted octanol–water partition coefficient (Wildman–Crippen LogP) is 1.56. The van der Waals surface area contributed by atoms with Gasteiger partial charge >= 0.3 is 0 Å². The molecule has 4 nitrogen and oxygen atoms in total. The van der Waals surface area contributed by atoms with Crippen LogP contribution in [0.3, 0.4) is 0 Å². The first kappa shape index (κ1) is 14.8. The Labute approximate surface area is 116 Å². The van der Waals surface area contributed by atoms with Gasteiger partial charge in [0.05, 0.1) is 0 Å². The average molecular weight is 268 g/mol. The van der Waals surface area contributed by atoms with Gasteiger partial charge in [0, 0.05) is 25.0 Å². The second-order valence-corrected chi connectivity index (χ2v) is 6.49. The van der Waals surface area contributed by atoms with Crippen LogP contribution in [0.1, 0.15) is 57.8 Å². The molecule has 0 spiro atoms. The van der Waals surface area contributed by atoms with Crippen molar-refractivity contribution in [3.05, 3.63) is 0 Å². The van der Waals surface area contributed by atoms with Crippen LogP contribution in [-0.2, 0) is 4.79 Å². The molecule has 4 N–H and O–H groups in total. The molecule has 2 rings (SSSR count). The van der Waals surface area contributed by atoms with Crippen molar-refractivity contribution in [3.8, 4) is 0 Å². The smallest absolute Gasteiger partial charge is 0.220 e. The zero-order chi connectivity index (χ0) is 13.7. The molecule has 2 fully saturated rings. The maximum absolute atomic E-state index is 12.2. The fraction of sp³-hybridized carbons (Fsp3) is 0.933. The van der Waals surface area contributed by atoms with Crippen molar-refractivity contribution in [2.24, 2.45) is 17.1 Å². The van der Waals surface area contributed by atoms with Gasteiger partial charge in [0.1, 0.15) is 0 Å². The first-order chi connectivity index (χ1) is 9.19. The van der Waals surface area contributed by atoms with E-state index in [1.165, 1.54) is 19.3 Å². The summed E-state index contributed by atoms with van der Waals surface area (Å²) in [7, 11) is 0. The van der Waals surface area contributed by atoms with Crippen molar-refractivity contribution in [2.75, 3.05) is 13.2 Å². The summed E-state index contributed by atoms with van der Waals surface area (Å²) in [6.45, 7) is 0.807. The Bertz CT molecular complexity index is 301. The number of carbonyl (C=O) groups excluding carboxylic acids is 1. The van der Waals surface area contributed by atoms with Crippen molar-refractivity contribution in [2.45, 2.75) is 63.8 Å². The molecule has 19 heavy (non-hydrogen) atoms. The fourth-order valence-electron chi connectivity index (χ4n) is 3.80. The van der Waals surface area contributed by atoms with Gasteiger partial charge in [-0.1, -0.05) is 25.7 Å². The van der Waals surface area contributed by atoms with Crippen molar-refractivity contribution in [1.82, 2.24) is 5.32 Å². The molecule has 1 amide bonds. The molecule has 110 valence electrons. The zero-order valence-corrected chi connectivity index (χ0v) is 11.9. The molecular formula is C15H28N2O2. The van der Waals surface area contributed by atoms with Crippen LogP contribution in [0.2, 0.25) is 0 Å². The lowest BCUT2D eigenvalue weighted by Crippen LogP contribution is -2.43. The van der Waals surface area contributed by atoms with Crippen molar-refractivity contribution in [1.29, 1.82) is 0 Å². The van der Waals surface area contributed by atoms with E-state index < -0.39 is 0 Å². The Morgan fingerprint density at radius 1 is 1.21 bits per heavy atom. The van der Waals surface area contributed by atoms with Gasteiger partial charge in [0.25, 0.3) is 0 Å². The predicted molar refractivity (Wildman–Crippen MR) is 75.5 cm³/mol. The zero-order valence-electron chi connectivity index (χ0n) is 11.9. The third-order valence-electron chi connectivity index (χ3n) is 5.12. The lowest BCUT2D eigenvalue weighted by Gasteiger charge is -2.36. The van der Waals surface area contributed by atoms with Crippen LogP contribution in [0.15, 0.2) is 0 Å². The molecule has 0 radical (unpaired) electrons. The molecule has 0 aliphatic heterocycles. The topological polar surface area (TPSA) is 75.4 Å². The Morgan fingerprint density at radius 3 is 2.58 bits per heavy atom. The molecule has 4 heteroatoms. The number of aliphatic hydroxyl groups excluding tert-OH is 1. The molecule has 2 atom stereocenters. The average Bonchev–Trinajstić information content (AvgIpc) is 2.86. The molecule has 0 bridgehead atoms. The number of nitrogens with two attached hydrogens (primary N) is 1. The van der Waals surface area contributed by atoms with Gasteiger partial charge in [0.15, 0.2) is 0 Å². The van der Waals surface area contributed by atoms with E-state index in [-0.39, 0.29) is 29.9 Å². The van der Waals surface area contributed by atoms with Crippen LogP contribution < -0.4 is 11.1 Å². The summed E-state index contributed by atoms with van der Waals surface area (Å²) in [4.78, 5) is 12.2. The van der Waals surface area contributed by atoms with Crippen LogP contribution in [-0.4, -0.2) is 30.2 Å². The van der Waals surface area contributed by atoms with E-state index in [1.807, 2.05) is 0 Å². The largest absolute Gasteiger partial charge is 0.396 e. The lowest BCUT2D eigenvalue weighted by atomic mass is 9.71. The Morgan fingerprint density at radius 2 is 1.95 bits per heavy atom. The Hall–Kier alpha value is -0.610. The summed E-state index contributed by atoms with van der Waals surface area (Å²) in [5.74, 6) is 0.391. The Balaban J connectivity index is 1.85. The van der Waals surface area contributed by atoms with Gasteiger partial charge in [-0.15, -0.1) is 0 Å². The monoisotopic (exact) mass is 268 g/mol. The molecule has 0 aromatic heterocycles. The van der Waals surface area contributed by atoms with E-state index in [0.29, 0.717) is 13.0 Å². The van der Waals surface area contributed by atoms with Crippen LogP contribution in [0, 0.1) is 11.3 Å². The quantitative estimate of drug-likeness (QED) is 0.708. The fourth-order valence-corrected chi connectivity index (χ4v) is 3.80. The third-order valence-corrected chi connectivity index (χ3v) is 5.12. The van der Waals surface area contributed by atoms with Gasteiger partial charge in [-0.3, -0.25) is 4.79 Å². The normalized spacial score (nSPS) is 30.2. The molecule has 0 heterocycles. The van der Waals surface area contributed by atoms with Crippen LogP contribution >= 0.6 is 0 Å². The minimum atomic E-state index is 0.0374. The Kier molecular flexibility index (Phi) is 5.22. The summed E-state index contributed by atoms with van der Waals surface area (Å²) >= 11 is 0. The van der Waals surface area contributed by atoms with E-state index in [9.17, 15) is 9.90 Å². The maximum Gasteiger partial charge on any atom is 0.220 e. The summed E-state index contributed by atoms with van der Waals surface area (Å²) in [5, 5.41) is 12.4. The SMILES string of the molecule is NCC1(CC(=O)NC2CCCC2CO)CCCCC1. The summed E-state index contributed by atoms with van der Waals surface area (Å²) in [6, 6.07) is 0.177. The van der Waals surface area contributed by atoms with Gasteiger partial charge in [-0.2, -0.15) is 0 Å². The number of aliphatic hydroxyl groups is 1. The lowest BCUT2D eigenvalue weighted by molar-refractivity contribution is -0.124. The highest BCUT2D eigenvalue weighted by atomic mass is 16.3. The molecule has 0 saturated heterocycles. The number of rotatable bonds is 5. The molecular weight excluding hydrogens is 240 g/mol. The molecule has 0 aromatic rings. The second kappa shape index (κ2) is 6.71. The van der Waals surface area contributed by atoms with Gasteiger partial charge in [-0.25, -0.2) is 0 Å². The second-order valence-electron chi connectivity index (χ2n) is 6.49. The highest BCUT2D eigenvalue weighted by molar-refractivity contribution is 5.77. The minimum Gasteiger partial charge on any atom is -0.396 e. The summed E-state index contributed by atoms with van der Waals surface area (Å²) in [5.41, 5.74) is 5.97. The molecule has 0 aromatic carbocycles. The van der Waals surface area contributed by atoms with Gasteiger partial charge in [-0.05, 0) is 37.6 Å². The number of amides is 1. The van der Waals surface area contributed by atoms with E-state index >= 15 is 0 Å². The van der Waals surface area contributed by atoms with E-state index in [4.69, 9.17) is 5.73 Å². The third kappa shape index (κ3) is 3.69. The number of carbonyl (C=O) groups is 1. The van der Waals surface area contributed by atoms with Gasteiger partial charge < -0.3 is 16.2 Å². The molecule has 2 unspecified atom stereocenters. The van der Waals surface area contributed by atoms with E-state index in [0.717, 1.165) is 32.1 Å². The number of hydrogen-bond donors (Lipinski definition) is 3. The highest BCUT2D eigenvalue weighted by Gasteiger charge is 2.35. The molecule has 2 saturated carbocycles.